The van der Waals surface area contributed by atoms with Crippen LogP contribution in [0.2, 0.25) is 0 Å². The van der Waals surface area contributed by atoms with Gasteiger partial charge < -0.3 is 14.8 Å². The zero-order valence-corrected chi connectivity index (χ0v) is 10.7. The minimum atomic E-state index is -0.145. The molecule has 2 rings (SSSR count). The topological polar surface area (TPSA) is 60.5 Å². The number of carbonyl (C=O) groups excluding carboxylic acids is 1. The molecule has 1 aliphatic heterocycles. The molecule has 2 atom stereocenters. The molecule has 5 nitrogen and oxygen atoms in total. The smallest absolute Gasteiger partial charge is 0.171 e. The molecule has 5 heteroatoms. The fourth-order valence-corrected chi connectivity index (χ4v) is 2.11. The summed E-state index contributed by atoms with van der Waals surface area (Å²) in [5, 5.41) is 3.11. The van der Waals surface area contributed by atoms with Crippen molar-refractivity contribution < 1.29 is 14.3 Å². The molecule has 1 aliphatic rings. The second-order valence-corrected chi connectivity index (χ2v) is 4.25. The number of pyridine rings is 1. The van der Waals surface area contributed by atoms with Crippen LogP contribution in [0.1, 0.15) is 17.3 Å². The van der Waals surface area contributed by atoms with Crippen molar-refractivity contribution in [1.82, 2.24) is 10.3 Å². The van der Waals surface area contributed by atoms with Crippen molar-refractivity contribution in [3.63, 3.8) is 0 Å². The van der Waals surface area contributed by atoms with Gasteiger partial charge in [-0.1, -0.05) is 0 Å². The Kier molecular flexibility index (Phi) is 4.28. The number of likely N-dealkylation sites (N-methyl/N-ethyl adjacent to an activating group) is 1. The van der Waals surface area contributed by atoms with Crippen LogP contribution in [0.4, 0.5) is 0 Å². The quantitative estimate of drug-likeness (QED) is 0.787. The lowest BCUT2D eigenvalue weighted by Crippen LogP contribution is -2.37. The van der Waals surface area contributed by atoms with E-state index in [1.54, 1.807) is 18.5 Å². The summed E-state index contributed by atoms with van der Waals surface area (Å²) in [4.78, 5) is 16.4. The molecule has 1 aromatic rings. The van der Waals surface area contributed by atoms with Crippen molar-refractivity contribution in [3.8, 4) is 5.75 Å². The third-order valence-corrected chi connectivity index (χ3v) is 3.10. The van der Waals surface area contributed by atoms with Crippen molar-refractivity contribution in [3.05, 3.63) is 24.0 Å². The molecule has 0 aliphatic carbocycles. The first kappa shape index (κ1) is 13.0. The molecular formula is C13H18N2O3. The van der Waals surface area contributed by atoms with E-state index in [2.05, 4.69) is 10.3 Å². The van der Waals surface area contributed by atoms with Gasteiger partial charge in [0.1, 0.15) is 5.75 Å². The van der Waals surface area contributed by atoms with Gasteiger partial charge in [0.2, 0.25) is 0 Å². The molecule has 1 aromatic heterocycles. The monoisotopic (exact) mass is 250 g/mol. The van der Waals surface area contributed by atoms with Gasteiger partial charge in [0, 0.05) is 17.8 Å². The van der Waals surface area contributed by atoms with Gasteiger partial charge in [-0.15, -0.1) is 0 Å². The van der Waals surface area contributed by atoms with E-state index in [9.17, 15) is 4.79 Å². The van der Waals surface area contributed by atoms with Gasteiger partial charge in [0.15, 0.2) is 5.78 Å². The standard InChI is InChI=1S/C13H18N2O3/c1-3-18-10-4-9(5-15-6-10)13(16)11-7-17-8-12(11)14-2/h4-6,11-12,14H,3,7-8H2,1-2H3. The predicted octanol–water partition coefficient (Wildman–Crippen LogP) is 0.897. The lowest BCUT2D eigenvalue weighted by Gasteiger charge is -2.15. The number of Topliss-reactive ketones (excluding diaryl/α,β-unsaturated/α-hetero) is 1. The van der Waals surface area contributed by atoms with Crippen molar-refractivity contribution >= 4 is 5.78 Å². The fourth-order valence-electron chi connectivity index (χ4n) is 2.11. The van der Waals surface area contributed by atoms with Crippen LogP contribution in [0.3, 0.4) is 0 Å². The van der Waals surface area contributed by atoms with Gasteiger partial charge in [-0.25, -0.2) is 0 Å². The summed E-state index contributed by atoms with van der Waals surface area (Å²) < 4.78 is 10.7. The van der Waals surface area contributed by atoms with Crippen molar-refractivity contribution in [2.45, 2.75) is 13.0 Å². The molecule has 2 unspecified atom stereocenters. The first-order chi connectivity index (χ1) is 8.76. The summed E-state index contributed by atoms with van der Waals surface area (Å²) in [5.41, 5.74) is 0.580. The van der Waals surface area contributed by atoms with E-state index in [1.807, 2.05) is 14.0 Å². The zero-order valence-electron chi connectivity index (χ0n) is 10.7. The summed E-state index contributed by atoms with van der Waals surface area (Å²) in [7, 11) is 1.84. The lowest BCUT2D eigenvalue weighted by atomic mass is 9.94. The van der Waals surface area contributed by atoms with Gasteiger partial charge >= 0.3 is 0 Å². The highest BCUT2D eigenvalue weighted by Gasteiger charge is 2.33. The molecule has 0 radical (unpaired) electrons. The number of nitrogens with one attached hydrogen (secondary N) is 1. The Hall–Kier alpha value is -1.46. The Bertz CT molecular complexity index is 422. The maximum absolute atomic E-state index is 12.4. The van der Waals surface area contributed by atoms with E-state index in [0.717, 1.165) is 0 Å². The Labute approximate surface area is 107 Å². The summed E-state index contributed by atoms with van der Waals surface area (Å²) in [6.45, 7) is 3.50. The van der Waals surface area contributed by atoms with E-state index in [4.69, 9.17) is 9.47 Å². The van der Waals surface area contributed by atoms with Gasteiger partial charge in [0.05, 0.1) is 31.9 Å². The highest BCUT2D eigenvalue weighted by atomic mass is 16.5. The lowest BCUT2D eigenvalue weighted by molar-refractivity contribution is 0.0891. The molecule has 1 fully saturated rings. The van der Waals surface area contributed by atoms with Crippen LogP contribution in [-0.4, -0.2) is 43.7 Å². The van der Waals surface area contributed by atoms with Crippen LogP contribution in [0.5, 0.6) is 5.75 Å². The number of hydrogen-bond donors (Lipinski definition) is 1. The number of carbonyl (C=O) groups is 1. The van der Waals surface area contributed by atoms with Crippen molar-refractivity contribution in [2.24, 2.45) is 5.92 Å². The fraction of sp³-hybridized carbons (Fsp3) is 0.538. The Morgan fingerprint density at radius 2 is 2.39 bits per heavy atom. The number of nitrogens with zero attached hydrogens (tertiary/aromatic N) is 1. The number of aromatic nitrogens is 1. The van der Waals surface area contributed by atoms with Crippen LogP contribution in [0.15, 0.2) is 18.5 Å². The molecule has 1 N–H and O–H groups in total. The third-order valence-electron chi connectivity index (χ3n) is 3.10. The van der Waals surface area contributed by atoms with Gasteiger partial charge in [-0.3, -0.25) is 9.78 Å². The summed E-state index contributed by atoms with van der Waals surface area (Å²) in [5.74, 6) is 0.540. The molecule has 0 saturated carbocycles. The van der Waals surface area contributed by atoms with Crippen molar-refractivity contribution in [2.75, 3.05) is 26.9 Å². The predicted molar refractivity (Wildman–Crippen MR) is 66.9 cm³/mol. The number of hydrogen-bond acceptors (Lipinski definition) is 5. The maximum Gasteiger partial charge on any atom is 0.171 e. The second kappa shape index (κ2) is 5.93. The summed E-state index contributed by atoms with van der Waals surface area (Å²) in [6.07, 6.45) is 3.19. The number of ketones is 1. The highest BCUT2D eigenvalue weighted by Crippen LogP contribution is 2.21. The van der Waals surface area contributed by atoms with Gasteiger partial charge in [0.25, 0.3) is 0 Å². The van der Waals surface area contributed by atoms with Crippen molar-refractivity contribution in [1.29, 1.82) is 0 Å². The first-order valence-corrected chi connectivity index (χ1v) is 6.13. The minimum absolute atomic E-state index is 0.0564. The van der Waals surface area contributed by atoms with Crippen LogP contribution in [0, 0.1) is 5.92 Å². The molecule has 1 saturated heterocycles. The van der Waals surface area contributed by atoms with E-state index in [1.165, 1.54) is 0 Å². The Balaban J connectivity index is 2.15. The summed E-state index contributed by atoms with van der Waals surface area (Å²) >= 11 is 0. The molecule has 18 heavy (non-hydrogen) atoms. The largest absolute Gasteiger partial charge is 0.492 e. The first-order valence-electron chi connectivity index (χ1n) is 6.13. The van der Waals surface area contributed by atoms with Crippen LogP contribution in [-0.2, 0) is 4.74 Å². The second-order valence-electron chi connectivity index (χ2n) is 4.25. The SMILES string of the molecule is CCOc1cncc(C(=O)C2COCC2NC)c1. The molecule has 0 amide bonds. The average molecular weight is 250 g/mol. The average Bonchev–Trinajstić information content (AvgIpc) is 2.87. The Morgan fingerprint density at radius 3 is 3.11 bits per heavy atom. The maximum atomic E-state index is 12.4. The molecule has 2 heterocycles. The molecule has 0 spiro atoms. The number of rotatable bonds is 5. The third kappa shape index (κ3) is 2.68. The number of ether oxygens (including phenoxy) is 2. The van der Waals surface area contributed by atoms with E-state index >= 15 is 0 Å². The van der Waals surface area contributed by atoms with Crippen LogP contribution < -0.4 is 10.1 Å². The Morgan fingerprint density at radius 1 is 1.56 bits per heavy atom. The highest BCUT2D eigenvalue weighted by molar-refractivity contribution is 5.98. The van der Waals surface area contributed by atoms with E-state index < -0.39 is 0 Å². The van der Waals surface area contributed by atoms with Crippen LogP contribution >= 0.6 is 0 Å². The van der Waals surface area contributed by atoms with Crippen LogP contribution in [0.25, 0.3) is 0 Å². The zero-order chi connectivity index (χ0) is 13.0. The summed E-state index contributed by atoms with van der Waals surface area (Å²) in [6, 6.07) is 1.82. The van der Waals surface area contributed by atoms with E-state index in [0.29, 0.717) is 31.1 Å². The van der Waals surface area contributed by atoms with Gasteiger partial charge in [-0.05, 0) is 20.0 Å². The van der Waals surface area contributed by atoms with E-state index in [-0.39, 0.29) is 17.7 Å². The molecule has 0 aromatic carbocycles. The molecule has 0 bridgehead atoms. The van der Waals surface area contributed by atoms with Gasteiger partial charge in [-0.2, -0.15) is 0 Å². The minimum Gasteiger partial charge on any atom is -0.492 e. The molecular weight excluding hydrogens is 232 g/mol. The molecule has 98 valence electrons. The normalized spacial score (nSPS) is 23.0.